The monoisotopic (exact) mass is 363 g/mol. The van der Waals surface area contributed by atoms with Crippen LogP contribution in [0.2, 0.25) is 0 Å². The minimum absolute atomic E-state index is 0.0520. The maximum Gasteiger partial charge on any atom is 0.317 e. The number of fused-ring (bicyclic) bond motifs is 2. The fourth-order valence-electron chi connectivity index (χ4n) is 3.19. The Bertz CT molecular complexity index is 1100. The minimum Gasteiger partial charge on any atom is -0.475 e. The first-order valence-corrected chi connectivity index (χ1v) is 8.77. The number of ether oxygens (including phenoxy) is 1. The van der Waals surface area contributed by atoms with Gasteiger partial charge in [0.2, 0.25) is 5.88 Å². The van der Waals surface area contributed by atoms with Crippen LogP contribution < -0.4 is 10.1 Å². The Kier molecular flexibility index (Phi) is 3.67. The molecule has 1 aliphatic heterocycles. The lowest BCUT2D eigenvalue weighted by Gasteiger charge is -2.14. The third-order valence-electron chi connectivity index (χ3n) is 4.57. The summed E-state index contributed by atoms with van der Waals surface area (Å²) in [5.41, 5.74) is 2.28. The Morgan fingerprint density at radius 2 is 2.15 bits per heavy atom. The molecule has 0 spiro atoms. The molecule has 0 saturated carbocycles. The number of hydrogen-bond donors (Lipinski definition) is 1. The SMILES string of the molecule is O=C1NCCN1CCOc1ccc2ncc(-c3cc4ccccc4o3)n2n1. The average Bonchev–Trinajstić information content (AvgIpc) is 3.39. The molecular weight excluding hydrogens is 346 g/mol. The van der Waals surface area contributed by atoms with Gasteiger partial charge in [0.15, 0.2) is 11.4 Å². The van der Waals surface area contributed by atoms with E-state index in [1.165, 1.54) is 0 Å². The highest BCUT2D eigenvalue weighted by Gasteiger charge is 2.19. The number of amides is 2. The third kappa shape index (κ3) is 2.84. The molecule has 136 valence electrons. The molecule has 0 radical (unpaired) electrons. The van der Waals surface area contributed by atoms with Gasteiger partial charge in [-0.1, -0.05) is 18.2 Å². The molecule has 1 aliphatic rings. The summed E-state index contributed by atoms with van der Waals surface area (Å²) in [7, 11) is 0. The predicted molar refractivity (Wildman–Crippen MR) is 98.7 cm³/mol. The summed E-state index contributed by atoms with van der Waals surface area (Å²) >= 11 is 0. The summed E-state index contributed by atoms with van der Waals surface area (Å²) in [6.45, 7) is 2.28. The molecule has 8 heteroatoms. The summed E-state index contributed by atoms with van der Waals surface area (Å²) < 4.78 is 13.4. The molecule has 1 fully saturated rings. The summed E-state index contributed by atoms with van der Waals surface area (Å²) in [6, 6.07) is 13.4. The van der Waals surface area contributed by atoms with Gasteiger partial charge in [-0.2, -0.15) is 0 Å². The molecule has 1 saturated heterocycles. The molecule has 4 heterocycles. The fraction of sp³-hybridized carbons (Fsp3) is 0.211. The van der Waals surface area contributed by atoms with Crippen molar-refractivity contribution < 1.29 is 13.9 Å². The van der Waals surface area contributed by atoms with Gasteiger partial charge < -0.3 is 19.4 Å². The number of hydrogen-bond acceptors (Lipinski definition) is 5. The van der Waals surface area contributed by atoms with Crippen LogP contribution in [0.3, 0.4) is 0 Å². The van der Waals surface area contributed by atoms with Crippen LogP contribution in [0.1, 0.15) is 0 Å². The largest absolute Gasteiger partial charge is 0.475 e. The average molecular weight is 363 g/mol. The summed E-state index contributed by atoms with van der Waals surface area (Å²) in [6.07, 6.45) is 1.73. The van der Waals surface area contributed by atoms with Crippen LogP contribution in [0.25, 0.3) is 28.1 Å². The van der Waals surface area contributed by atoms with Crippen molar-refractivity contribution in [1.82, 2.24) is 24.8 Å². The number of furan rings is 1. The summed E-state index contributed by atoms with van der Waals surface area (Å²) in [5, 5.41) is 8.31. The fourth-order valence-corrected chi connectivity index (χ4v) is 3.19. The molecule has 3 aromatic heterocycles. The van der Waals surface area contributed by atoms with Crippen molar-refractivity contribution in [1.29, 1.82) is 0 Å². The molecule has 4 aromatic rings. The van der Waals surface area contributed by atoms with Gasteiger partial charge in [0.05, 0.1) is 12.7 Å². The molecule has 5 rings (SSSR count). The normalized spacial score (nSPS) is 14.2. The van der Waals surface area contributed by atoms with E-state index in [0.29, 0.717) is 43.5 Å². The van der Waals surface area contributed by atoms with Crippen molar-refractivity contribution in [2.45, 2.75) is 0 Å². The van der Waals surface area contributed by atoms with Crippen LogP contribution in [0.15, 0.2) is 53.1 Å². The van der Waals surface area contributed by atoms with Gasteiger partial charge in [-0.3, -0.25) is 0 Å². The number of carbonyl (C=O) groups is 1. The molecular formula is C19H17N5O3. The third-order valence-corrected chi connectivity index (χ3v) is 4.57. The van der Waals surface area contributed by atoms with Gasteiger partial charge in [-0.15, -0.1) is 5.10 Å². The van der Waals surface area contributed by atoms with E-state index in [2.05, 4.69) is 15.4 Å². The molecule has 2 amide bonds. The number of imidazole rings is 1. The smallest absolute Gasteiger partial charge is 0.317 e. The Morgan fingerprint density at radius 1 is 1.22 bits per heavy atom. The quantitative estimate of drug-likeness (QED) is 0.589. The number of rotatable bonds is 5. The van der Waals surface area contributed by atoms with Crippen LogP contribution in [0.5, 0.6) is 5.88 Å². The van der Waals surface area contributed by atoms with Gasteiger partial charge in [0.25, 0.3) is 0 Å². The first-order valence-electron chi connectivity index (χ1n) is 8.77. The van der Waals surface area contributed by atoms with E-state index < -0.39 is 0 Å². The van der Waals surface area contributed by atoms with Crippen LogP contribution in [-0.4, -0.2) is 51.8 Å². The van der Waals surface area contributed by atoms with Gasteiger partial charge in [-0.05, 0) is 18.2 Å². The van der Waals surface area contributed by atoms with E-state index in [9.17, 15) is 4.79 Å². The van der Waals surface area contributed by atoms with Gasteiger partial charge >= 0.3 is 6.03 Å². The standard InChI is InChI=1S/C19H17N5O3/c25-19-20-7-8-23(19)9-10-26-18-6-5-17-21-12-14(24(17)22-18)16-11-13-3-1-2-4-15(13)27-16/h1-6,11-12H,7-10H2,(H,20,25). The predicted octanol–water partition coefficient (Wildman–Crippen LogP) is 2.55. The lowest BCUT2D eigenvalue weighted by molar-refractivity contribution is 0.200. The molecule has 0 aliphatic carbocycles. The van der Waals surface area contributed by atoms with Crippen molar-refractivity contribution in [2.75, 3.05) is 26.2 Å². The van der Waals surface area contributed by atoms with Crippen molar-refractivity contribution >= 4 is 22.6 Å². The van der Waals surface area contributed by atoms with E-state index in [-0.39, 0.29) is 6.03 Å². The highest BCUT2D eigenvalue weighted by molar-refractivity contribution is 5.82. The van der Waals surface area contributed by atoms with E-state index in [4.69, 9.17) is 9.15 Å². The first-order chi connectivity index (χ1) is 13.3. The Morgan fingerprint density at radius 3 is 3.00 bits per heavy atom. The number of urea groups is 1. The number of para-hydroxylation sites is 1. The molecule has 8 nitrogen and oxygen atoms in total. The van der Waals surface area contributed by atoms with E-state index in [1.807, 2.05) is 36.4 Å². The molecule has 0 atom stereocenters. The molecule has 0 unspecified atom stereocenters. The Balaban J connectivity index is 1.39. The zero-order valence-electron chi connectivity index (χ0n) is 14.5. The first kappa shape index (κ1) is 15.7. The Hall–Kier alpha value is -3.55. The second kappa shape index (κ2) is 6.31. The molecule has 1 aromatic carbocycles. The lowest BCUT2D eigenvalue weighted by Crippen LogP contribution is -2.31. The van der Waals surface area contributed by atoms with Crippen molar-refractivity contribution in [3.8, 4) is 17.3 Å². The second-order valence-electron chi connectivity index (χ2n) is 6.30. The van der Waals surface area contributed by atoms with Gasteiger partial charge in [-0.25, -0.2) is 14.3 Å². The number of nitrogens with zero attached hydrogens (tertiary/aromatic N) is 4. The van der Waals surface area contributed by atoms with Crippen molar-refractivity contribution in [2.24, 2.45) is 0 Å². The van der Waals surface area contributed by atoms with E-state index in [1.54, 1.807) is 21.7 Å². The lowest BCUT2D eigenvalue weighted by atomic mass is 10.2. The number of aromatic nitrogens is 3. The number of benzene rings is 1. The van der Waals surface area contributed by atoms with Gasteiger partial charge in [0.1, 0.15) is 17.9 Å². The summed E-state index contributed by atoms with van der Waals surface area (Å²) in [5.74, 6) is 1.17. The van der Waals surface area contributed by atoms with Crippen LogP contribution >= 0.6 is 0 Å². The molecule has 1 N–H and O–H groups in total. The molecule has 27 heavy (non-hydrogen) atoms. The molecule has 0 bridgehead atoms. The van der Waals surface area contributed by atoms with Crippen molar-refractivity contribution in [3.05, 3.63) is 48.7 Å². The highest BCUT2D eigenvalue weighted by Crippen LogP contribution is 2.28. The maximum atomic E-state index is 11.6. The van der Waals surface area contributed by atoms with Crippen LogP contribution in [0, 0.1) is 0 Å². The number of carbonyl (C=O) groups excluding carboxylic acids is 1. The zero-order chi connectivity index (χ0) is 18.2. The van der Waals surface area contributed by atoms with E-state index in [0.717, 1.165) is 16.7 Å². The maximum absolute atomic E-state index is 11.6. The van der Waals surface area contributed by atoms with Crippen LogP contribution in [0.4, 0.5) is 4.79 Å². The van der Waals surface area contributed by atoms with Gasteiger partial charge in [0, 0.05) is 24.5 Å². The summed E-state index contributed by atoms with van der Waals surface area (Å²) in [4.78, 5) is 17.7. The minimum atomic E-state index is -0.0520. The zero-order valence-corrected chi connectivity index (χ0v) is 14.5. The number of nitrogens with one attached hydrogen (secondary N) is 1. The van der Waals surface area contributed by atoms with Crippen molar-refractivity contribution in [3.63, 3.8) is 0 Å². The highest BCUT2D eigenvalue weighted by atomic mass is 16.5. The van der Waals surface area contributed by atoms with E-state index >= 15 is 0 Å². The topological polar surface area (TPSA) is 84.9 Å². The second-order valence-corrected chi connectivity index (χ2v) is 6.30. The van der Waals surface area contributed by atoms with Crippen LogP contribution in [-0.2, 0) is 0 Å². The Labute approximate surface area is 154 Å².